The van der Waals surface area contributed by atoms with Crippen molar-refractivity contribution in [3.8, 4) is 0 Å². The predicted octanol–water partition coefficient (Wildman–Crippen LogP) is 4.48. The number of hydrogen-bond acceptors (Lipinski definition) is 3. The van der Waals surface area contributed by atoms with E-state index in [0.717, 1.165) is 33.9 Å². The lowest BCUT2D eigenvalue weighted by atomic mass is 9.93. The van der Waals surface area contributed by atoms with E-state index in [2.05, 4.69) is 6.07 Å². The number of rotatable bonds is 2. The number of thioether (sulfide) groups is 1. The first-order chi connectivity index (χ1) is 13.1. The summed E-state index contributed by atoms with van der Waals surface area (Å²) in [7, 11) is 0. The Morgan fingerprint density at radius 2 is 1.89 bits per heavy atom. The molecule has 5 heteroatoms. The molecule has 4 rings (SSSR count). The van der Waals surface area contributed by atoms with Crippen LogP contribution in [0.5, 0.6) is 0 Å². The van der Waals surface area contributed by atoms with E-state index in [1.54, 1.807) is 29.8 Å². The molecule has 0 saturated heterocycles. The van der Waals surface area contributed by atoms with E-state index in [0.29, 0.717) is 6.54 Å². The maximum atomic E-state index is 13.3. The molecule has 4 nitrogen and oxygen atoms in total. The van der Waals surface area contributed by atoms with Crippen molar-refractivity contribution < 1.29 is 9.59 Å². The van der Waals surface area contributed by atoms with Crippen LogP contribution in [0.3, 0.4) is 0 Å². The second-order valence-corrected chi connectivity index (χ2v) is 7.94. The number of anilines is 1. The lowest BCUT2D eigenvalue weighted by Crippen LogP contribution is -2.38. The van der Waals surface area contributed by atoms with Crippen LogP contribution in [0.2, 0.25) is 0 Å². The molecule has 0 spiro atoms. The van der Waals surface area contributed by atoms with Gasteiger partial charge in [-0.1, -0.05) is 36.4 Å². The molecular formula is C22H22N2O2S. The molecule has 0 N–H and O–H groups in total. The third kappa shape index (κ3) is 3.52. The van der Waals surface area contributed by atoms with Gasteiger partial charge in [-0.25, -0.2) is 0 Å². The van der Waals surface area contributed by atoms with Crippen molar-refractivity contribution in [1.29, 1.82) is 0 Å². The Morgan fingerprint density at radius 1 is 1.11 bits per heavy atom. The molecule has 2 aromatic carbocycles. The van der Waals surface area contributed by atoms with Crippen LogP contribution in [-0.4, -0.2) is 29.0 Å². The summed E-state index contributed by atoms with van der Waals surface area (Å²) in [4.78, 5) is 30.2. The van der Waals surface area contributed by atoms with Crippen LogP contribution < -0.4 is 4.90 Å². The monoisotopic (exact) mass is 378 g/mol. The fourth-order valence-corrected chi connectivity index (χ4v) is 4.77. The molecular weight excluding hydrogens is 356 g/mol. The van der Waals surface area contributed by atoms with Crippen molar-refractivity contribution in [2.45, 2.75) is 30.7 Å². The number of hydrogen-bond donors (Lipinski definition) is 0. The minimum absolute atomic E-state index is 0.0506. The van der Waals surface area contributed by atoms with Gasteiger partial charge in [0.1, 0.15) is 0 Å². The van der Waals surface area contributed by atoms with Gasteiger partial charge in [-0.3, -0.25) is 9.59 Å². The Kier molecular flexibility index (Phi) is 5.03. The minimum Gasteiger partial charge on any atom is -0.311 e. The molecule has 0 fully saturated rings. The second-order valence-electron chi connectivity index (χ2n) is 6.81. The standard InChI is InChI=1S/C22H22N2O2S/c1-16(25)23-13-11-17-7-2-3-8-18(17)20(23)15-22(26)24-12-6-14-27-21-10-5-4-9-19(21)24/h2-5,7-11,13,20H,6,12,14-15H2,1H3. The van der Waals surface area contributed by atoms with Crippen molar-refractivity contribution in [2.24, 2.45) is 0 Å². The average Bonchev–Trinajstić information content (AvgIpc) is 2.90. The summed E-state index contributed by atoms with van der Waals surface area (Å²) >= 11 is 1.80. The van der Waals surface area contributed by atoms with Gasteiger partial charge in [0.2, 0.25) is 11.8 Å². The molecule has 2 aromatic rings. The molecule has 0 saturated carbocycles. The highest BCUT2D eigenvalue weighted by Gasteiger charge is 2.31. The number of benzene rings is 2. The van der Waals surface area contributed by atoms with E-state index in [1.807, 2.05) is 53.4 Å². The van der Waals surface area contributed by atoms with Crippen LogP contribution in [0.15, 0.2) is 59.6 Å². The van der Waals surface area contributed by atoms with E-state index in [1.165, 1.54) is 0 Å². The van der Waals surface area contributed by atoms with Crippen LogP contribution in [0.4, 0.5) is 5.69 Å². The summed E-state index contributed by atoms with van der Waals surface area (Å²) in [5, 5.41) is 0. The fraction of sp³-hybridized carbons (Fsp3) is 0.273. The quantitative estimate of drug-likeness (QED) is 0.774. The molecule has 138 valence electrons. The van der Waals surface area contributed by atoms with Crippen molar-refractivity contribution in [3.05, 3.63) is 65.9 Å². The molecule has 0 aliphatic carbocycles. The Labute approximate surface area is 163 Å². The largest absolute Gasteiger partial charge is 0.311 e. The average molecular weight is 378 g/mol. The number of amides is 2. The zero-order valence-electron chi connectivity index (χ0n) is 15.3. The van der Waals surface area contributed by atoms with Gasteiger partial charge in [0.15, 0.2) is 0 Å². The van der Waals surface area contributed by atoms with E-state index < -0.39 is 0 Å². The third-order valence-corrected chi connectivity index (χ3v) is 6.23. The normalized spacial score (nSPS) is 18.5. The highest BCUT2D eigenvalue weighted by molar-refractivity contribution is 7.99. The Balaban J connectivity index is 1.65. The molecule has 2 heterocycles. The Hall–Kier alpha value is -2.53. The number of nitrogens with zero attached hydrogens (tertiary/aromatic N) is 2. The Morgan fingerprint density at radius 3 is 2.74 bits per heavy atom. The van der Waals surface area contributed by atoms with Gasteiger partial charge in [0, 0.05) is 24.6 Å². The van der Waals surface area contributed by atoms with Crippen LogP contribution in [0.1, 0.15) is 36.9 Å². The van der Waals surface area contributed by atoms with Gasteiger partial charge in [-0.2, -0.15) is 0 Å². The van der Waals surface area contributed by atoms with Gasteiger partial charge in [0.25, 0.3) is 0 Å². The van der Waals surface area contributed by atoms with Crippen LogP contribution in [0, 0.1) is 0 Å². The van der Waals surface area contributed by atoms with Crippen LogP contribution >= 0.6 is 11.8 Å². The summed E-state index contributed by atoms with van der Waals surface area (Å²) < 4.78 is 0. The minimum atomic E-state index is -0.265. The summed E-state index contributed by atoms with van der Waals surface area (Å²) in [5.41, 5.74) is 3.08. The highest BCUT2D eigenvalue weighted by atomic mass is 32.2. The summed E-state index contributed by atoms with van der Waals surface area (Å²) in [5.74, 6) is 1.02. The summed E-state index contributed by atoms with van der Waals surface area (Å²) in [6.07, 6.45) is 4.98. The van der Waals surface area contributed by atoms with Crippen molar-refractivity contribution >= 4 is 35.3 Å². The first kappa shape index (κ1) is 17.9. The maximum Gasteiger partial charge on any atom is 0.229 e. The number of para-hydroxylation sites is 1. The molecule has 0 radical (unpaired) electrons. The lowest BCUT2D eigenvalue weighted by molar-refractivity contribution is -0.129. The van der Waals surface area contributed by atoms with Crippen molar-refractivity contribution in [1.82, 2.24) is 4.90 Å². The van der Waals surface area contributed by atoms with Gasteiger partial charge in [-0.05, 0) is 41.5 Å². The van der Waals surface area contributed by atoms with Gasteiger partial charge in [-0.15, -0.1) is 11.8 Å². The molecule has 0 aromatic heterocycles. The molecule has 1 unspecified atom stereocenters. The molecule has 0 bridgehead atoms. The number of fused-ring (bicyclic) bond motifs is 2. The second kappa shape index (κ2) is 7.61. The molecule has 27 heavy (non-hydrogen) atoms. The van der Waals surface area contributed by atoms with Crippen molar-refractivity contribution in [3.63, 3.8) is 0 Å². The van der Waals surface area contributed by atoms with Crippen LogP contribution in [0.25, 0.3) is 6.08 Å². The number of carbonyl (C=O) groups is 2. The van der Waals surface area contributed by atoms with E-state index in [4.69, 9.17) is 0 Å². The third-order valence-electron chi connectivity index (χ3n) is 5.08. The summed E-state index contributed by atoms with van der Waals surface area (Å²) in [6.45, 7) is 2.26. The van der Waals surface area contributed by atoms with Gasteiger partial charge >= 0.3 is 0 Å². The van der Waals surface area contributed by atoms with Crippen molar-refractivity contribution in [2.75, 3.05) is 17.2 Å². The molecule has 2 aliphatic heterocycles. The Bertz CT molecular complexity index is 909. The first-order valence-electron chi connectivity index (χ1n) is 9.23. The van der Waals surface area contributed by atoms with Crippen LogP contribution in [-0.2, 0) is 9.59 Å². The topological polar surface area (TPSA) is 40.6 Å². The molecule has 2 aliphatic rings. The van der Waals surface area contributed by atoms with E-state index in [-0.39, 0.29) is 24.3 Å². The lowest BCUT2D eigenvalue weighted by Gasteiger charge is -2.34. The highest BCUT2D eigenvalue weighted by Crippen LogP contribution is 2.37. The zero-order chi connectivity index (χ0) is 18.8. The van der Waals surface area contributed by atoms with E-state index in [9.17, 15) is 9.59 Å². The fourth-order valence-electron chi connectivity index (χ4n) is 3.78. The molecule has 2 amide bonds. The molecule has 1 atom stereocenters. The zero-order valence-corrected chi connectivity index (χ0v) is 16.1. The predicted molar refractivity (Wildman–Crippen MR) is 109 cm³/mol. The number of carbonyl (C=O) groups excluding carboxylic acids is 2. The van der Waals surface area contributed by atoms with E-state index >= 15 is 0 Å². The SMILES string of the molecule is CC(=O)N1C=Cc2ccccc2C1CC(=O)N1CCCSc2ccccc21. The van der Waals surface area contributed by atoms with Gasteiger partial charge < -0.3 is 9.80 Å². The first-order valence-corrected chi connectivity index (χ1v) is 10.2. The van der Waals surface area contributed by atoms with Gasteiger partial charge in [0.05, 0.1) is 18.2 Å². The maximum absolute atomic E-state index is 13.3. The summed E-state index contributed by atoms with van der Waals surface area (Å²) in [6, 6.07) is 15.8. The smallest absolute Gasteiger partial charge is 0.229 e.